The summed E-state index contributed by atoms with van der Waals surface area (Å²) in [6.07, 6.45) is 1.75. The van der Waals surface area contributed by atoms with Gasteiger partial charge in [0.25, 0.3) is 0 Å². The van der Waals surface area contributed by atoms with Crippen molar-refractivity contribution in [3.8, 4) is 0 Å². The van der Waals surface area contributed by atoms with Crippen LogP contribution in [0.3, 0.4) is 0 Å². The average Bonchev–Trinajstić information content (AvgIpc) is 2.38. The molecule has 0 amide bonds. The minimum absolute atomic E-state index is 0.330. The molecule has 0 spiro atoms. The molecule has 106 valence electrons. The van der Waals surface area contributed by atoms with Gasteiger partial charge in [-0.2, -0.15) is 0 Å². The van der Waals surface area contributed by atoms with E-state index in [0.29, 0.717) is 11.6 Å². The molecule has 0 aliphatic carbocycles. The standard InChI is InChI=1S/C13H16FNO2.C2H6/c1-4-10(15(16)17)8-12-11(9(2)3)6-5-7-13(12)14;1-2/h5-8,10H,4H2,1-3H3;1-2H3. The molecule has 1 aromatic rings. The number of nitrogens with zero attached hydrogens (tertiary/aromatic N) is 1. The second-order valence-electron chi connectivity index (χ2n) is 4.13. The zero-order valence-electron chi connectivity index (χ0n) is 12.2. The Balaban J connectivity index is 0.00000154. The first-order valence-corrected chi connectivity index (χ1v) is 6.54. The van der Waals surface area contributed by atoms with E-state index in [-0.39, 0.29) is 4.92 Å². The van der Waals surface area contributed by atoms with E-state index in [1.165, 1.54) is 12.1 Å². The van der Waals surface area contributed by atoms with E-state index in [0.717, 1.165) is 10.8 Å². The molecule has 1 unspecified atom stereocenters. The SMILES string of the molecule is CC.CCC(C=c1c(F)cccc1=C(C)C)[N+](=O)[O-]. The lowest BCUT2D eigenvalue weighted by molar-refractivity contribution is -0.504. The van der Waals surface area contributed by atoms with Crippen LogP contribution in [0.15, 0.2) is 18.2 Å². The Morgan fingerprint density at radius 3 is 2.42 bits per heavy atom. The fourth-order valence-corrected chi connectivity index (χ4v) is 1.66. The first-order valence-electron chi connectivity index (χ1n) is 6.54. The molecule has 0 bridgehead atoms. The van der Waals surface area contributed by atoms with Gasteiger partial charge in [0.1, 0.15) is 5.82 Å². The summed E-state index contributed by atoms with van der Waals surface area (Å²) >= 11 is 0. The van der Waals surface area contributed by atoms with Crippen molar-refractivity contribution < 1.29 is 9.31 Å². The lowest BCUT2D eigenvalue weighted by Gasteiger charge is -2.02. The molecule has 0 aromatic heterocycles. The summed E-state index contributed by atoms with van der Waals surface area (Å²) in [6, 6.07) is 3.87. The zero-order chi connectivity index (χ0) is 15.0. The summed E-state index contributed by atoms with van der Waals surface area (Å²) in [6.45, 7) is 9.44. The smallest absolute Gasteiger partial charge is 0.232 e. The number of halogens is 1. The van der Waals surface area contributed by atoms with E-state index in [2.05, 4.69) is 0 Å². The molecule has 1 rings (SSSR count). The molecule has 19 heavy (non-hydrogen) atoms. The second-order valence-corrected chi connectivity index (χ2v) is 4.13. The third-order valence-electron chi connectivity index (χ3n) is 2.64. The maximum absolute atomic E-state index is 13.7. The van der Waals surface area contributed by atoms with Gasteiger partial charge in [-0.1, -0.05) is 38.5 Å². The number of rotatable bonds is 3. The highest BCUT2D eigenvalue weighted by Gasteiger charge is 2.13. The summed E-state index contributed by atoms with van der Waals surface area (Å²) in [5.74, 6) is -0.413. The number of benzene rings is 1. The van der Waals surface area contributed by atoms with Crippen LogP contribution >= 0.6 is 0 Å². The lowest BCUT2D eigenvalue weighted by Crippen LogP contribution is -2.32. The highest BCUT2D eigenvalue weighted by molar-refractivity contribution is 5.42. The van der Waals surface area contributed by atoms with Crippen LogP contribution < -0.4 is 10.4 Å². The molecule has 0 fully saturated rings. The topological polar surface area (TPSA) is 43.1 Å². The van der Waals surface area contributed by atoms with Crippen molar-refractivity contribution in [3.05, 3.63) is 44.6 Å². The monoisotopic (exact) mass is 267 g/mol. The highest BCUT2D eigenvalue weighted by Crippen LogP contribution is 1.98. The Labute approximate surface area is 113 Å². The predicted octanol–water partition coefficient (Wildman–Crippen LogP) is 2.88. The lowest BCUT2D eigenvalue weighted by atomic mass is 10.1. The van der Waals surface area contributed by atoms with Gasteiger partial charge in [0.15, 0.2) is 0 Å². The quantitative estimate of drug-likeness (QED) is 0.624. The Bertz CT molecular complexity index is 534. The van der Waals surface area contributed by atoms with Crippen LogP contribution in [-0.4, -0.2) is 11.0 Å². The van der Waals surface area contributed by atoms with Gasteiger partial charge < -0.3 is 0 Å². The van der Waals surface area contributed by atoms with Crippen molar-refractivity contribution in [1.82, 2.24) is 0 Å². The van der Waals surface area contributed by atoms with Crippen LogP contribution in [-0.2, 0) is 0 Å². The van der Waals surface area contributed by atoms with E-state index in [1.807, 2.05) is 27.7 Å². The third-order valence-corrected chi connectivity index (χ3v) is 2.64. The van der Waals surface area contributed by atoms with Crippen LogP contribution in [0.2, 0.25) is 0 Å². The molecule has 1 aromatic carbocycles. The van der Waals surface area contributed by atoms with Crippen molar-refractivity contribution in [1.29, 1.82) is 0 Å². The molecule has 0 aliphatic heterocycles. The molecular formula is C15H22FNO2. The minimum Gasteiger partial charge on any atom is -0.264 e. The number of nitro groups is 1. The van der Waals surface area contributed by atoms with Gasteiger partial charge in [-0.25, -0.2) is 4.39 Å². The first-order chi connectivity index (χ1) is 8.97. The first kappa shape index (κ1) is 17.3. The largest absolute Gasteiger partial charge is 0.264 e. The van der Waals surface area contributed by atoms with Gasteiger partial charge >= 0.3 is 0 Å². The van der Waals surface area contributed by atoms with Gasteiger partial charge in [-0.15, -0.1) is 0 Å². The van der Waals surface area contributed by atoms with Gasteiger partial charge in [0.05, 0.1) is 0 Å². The summed E-state index contributed by atoms with van der Waals surface area (Å²) in [4.78, 5) is 10.4. The van der Waals surface area contributed by atoms with E-state index >= 15 is 0 Å². The molecule has 0 aliphatic rings. The van der Waals surface area contributed by atoms with Gasteiger partial charge in [-0.05, 0) is 31.2 Å². The number of hydrogen-bond acceptors (Lipinski definition) is 2. The molecule has 0 radical (unpaired) electrons. The molecule has 0 saturated carbocycles. The van der Waals surface area contributed by atoms with Crippen LogP contribution in [0, 0.1) is 15.9 Å². The van der Waals surface area contributed by atoms with Gasteiger partial charge in [0, 0.05) is 16.6 Å². The molecule has 0 saturated heterocycles. The summed E-state index contributed by atoms with van der Waals surface area (Å²) < 4.78 is 13.7. The molecular weight excluding hydrogens is 245 g/mol. The van der Waals surface area contributed by atoms with Crippen LogP contribution in [0.1, 0.15) is 41.0 Å². The van der Waals surface area contributed by atoms with E-state index in [1.54, 1.807) is 19.1 Å². The Morgan fingerprint density at radius 2 is 2.00 bits per heavy atom. The fourth-order valence-electron chi connectivity index (χ4n) is 1.66. The van der Waals surface area contributed by atoms with Crippen LogP contribution in [0.5, 0.6) is 0 Å². The van der Waals surface area contributed by atoms with Crippen molar-refractivity contribution in [3.63, 3.8) is 0 Å². The normalized spacial score (nSPS) is 12.4. The van der Waals surface area contributed by atoms with E-state index in [4.69, 9.17) is 0 Å². The molecule has 0 N–H and O–H groups in total. The van der Waals surface area contributed by atoms with Crippen molar-refractivity contribution >= 4 is 11.6 Å². The average molecular weight is 267 g/mol. The van der Waals surface area contributed by atoms with Crippen LogP contribution in [0.25, 0.3) is 11.6 Å². The Morgan fingerprint density at radius 1 is 1.42 bits per heavy atom. The van der Waals surface area contributed by atoms with Crippen molar-refractivity contribution in [2.24, 2.45) is 0 Å². The maximum atomic E-state index is 13.7. The molecule has 3 nitrogen and oxygen atoms in total. The fraction of sp³-hybridized carbons (Fsp3) is 0.467. The predicted molar refractivity (Wildman–Crippen MR) is 77.3 cm³/mol. The van der Waals surface area contributed by atoms with E-state index in [9.17, 15) is 14.5 Å². The number of hydrogen-bond donors (Lipinski definition) is 0. The molecule has 4 heteroatoms. The Hall–Kier alpha value is -1.71. The van der Waals surface area contributed by atoms with E-state index < -0.39 is 11.9 Å². The minimum atomic E-state index is -0.843. The van der Waals surface area contributed by atoms with Crippen molar-refractivity contribution in [2.75, 3.05) is 0 Å². The highest BCUT2D eigenvalue weighted by atomic mass is 19.1. The maximum Gasteiger partial charge on any atom is 0.232 e. The van der Waals surface area contributed by atoms with Gasteiger partial charge in [-0.3, -0.25) is 10.1 Å². The Kier molecular flexibility index (Phi) is 7.65. The summed E-state index contributed by atoms with van der Waals surface area (Å²) in [5, 5.41) is 11.8. The molecule has 1 atom stereocenters. The summed E-state index contributed by atoms with van der Waals surface area (Å²) in [7, 11) is 0. The van der Waals surface area contributed by atoms with Gasteiger partial charge in [0.2, 0.25) is 6.04 Å². The van der Waals surface area contributed by atoms with Crippen LogP contribution in [0.4, 0.5) is 4.39 Å². The third kappa shape index (κ3) is 4.81. The van der Waals surface area contributed by atoms with Crippen molar-refractivity contribution in [2.45, 2.75) is 47.1 Å². The zero-order valence-corrected chi connectivity index (χ0v) is 12.2. The summed E-state index contributed by atoms with van der Waals surface area (Å²) in [5.41, 5.74) is 0.939. The second kappa shape index (κ2) is 8.40. The molecule has 0 heterocycles.